The molecular weight excluding hydrogens is 162 g/mol. The third-order valence-electron chi connectivity index (χ3n) is 2.31. The maximum absolute atomic E-state index is 4.17. The van der Waals surface area contributed by atoms with Crippen molar-refractivity contribution in [3.63, 3.8) is 0 Å². The fourth-order valence-corrected chi connectivity index (χ4v) is 1.51. The van der Waals surface area contributed by atoms with Crippen molar-refractivity contribution in [3.8, 4) is 0 Å². The minimum Gasteiger partial charge on any atom is -0.317 e. The first-order valence-electron chi connectivity index (χ1n) is 4.96. The van der Waals surface area contributed by atoms with Gasteiger partial charge in [-0.15, -0.1) is 0 Å². The molecule has 13 heavy (non-hydrogen) atoms. The summed E-state index contributed by atoms with van der Waals surface area (Å²) in [5.74, 6) is 0. The van der Waals surface area contributed by atoms with Crippen LogP contribution in [0.5, 0.6) is 0 Å². The summed E-state index contributed by atoms with van der Waals surface area (Å²) in [5, 5.41) is 10.5. The quantitative estimate of drug-likeness (QED) is 0.677. The van der Waals surface area contributed by atoms with Crippen LogP contribution >= 0.6 is 0 Å². The summed E-state index contributed by atoms with van der Waals surface area (Å²) < 4.78 is 0. The van der Waals surface area contributed by atoms with Crippen molar-refractivity contribution in [1.82, 2.24) is 15.5 Å². The van der Waals surface area contributed by atoms with Crippen LogP contribution in [-0.4, -0.2) is 23.3 Å². The van der Waals surface area contributed by atoms with Crippen LogP contribution in [0.2, 0.25) is 0 Å². The van der Waals surface area contributed by atoms with Gasteiger partial charge in [-0.25, -0.2) is 0 Å². The summed E-state index contributed by atoms with van der Waals surface area (Å²) in [5.41, 5.74) is 3.75. The third kappa shape index (κ3) is 2.84. The summed E-state index contributed by atoms with van der Waals surface area (Å²) in [7, 11) is 0. The number of aromatic amines is 1. The lowest BCUT2D eigenvalue weighted by Gasteiger charge is -2.01. The predicted molar refractivity (Wildman–Crippen MR) is 54.9 cm³/mol. The van der Waals surface area contributed by atoms with Gasteiger partial charge in [0.05, 0.1) is 5.69 Å². The van der Waals surface area contributed by atoms with Crippen molar-refractivity contribution in [1.29, 1.82) is 0 Å². The smallest absolute Gasteiger partial charge is 0.0625 e. The molecule has 0 fully saturated rings. The highest BCUT2D eigenvalue weighted by atomic mass is 15.1. The number of H-pyrrole nitrogens is 1. The molecule has 3 nitrogen and oxygen atoms in total. The van der Waals surface area contributed by atoms with E-state index in [1.165, 1.54) is 17.7 Å². The Bertz CT molecular complexity index is 233. The van der Waals surface area contributed by atoms with E-state index in [1.807, 2.05) is 0 Å². The monoisotopic (exact) mass is 181 g/mol. The van der Waals surface area contributed by atoms with Crippen molar-refractivity contribution in [2.24, 2.45) is 0 Å². The molecule has 0 aliphatic carbocycles. The zero-order chi connectivity index (χ0) is 9.68. The van der Waals surface area contributed by atoms with Gasteiger partial charge in [-0.3, -0.25) is 5.10 Å². The van der Waals surface area contributed by atoms with Crippen molar-refractivity contribution >= 4 is 0 Å². The van der Waals surface area contributed by atoms with Gasteiger partial charge >= 0.3 is 0 Å². The van der Waals surface area contributed by atoms with E-state index in [2.05, 4.69) is 36.3 Å². The minimum absolute atomic E-state index is 1.06. The van der Waals surface area contributed by atoms with Crippen molar-refractivity contribution in [2.45, 2.75) is 33.6 Å². The van der Waals surface area contributed by atoms with Gasteiger partial charge in [0.1, 0.15) is 0 Å². The van der Waals surface area contributed by atoms with Crippen molar-refractivity contribution in [3.05, 3.63) is 17.0 Å². The lowest BCUT2D eigenvalue weighted by Crippen LogP contribution is -2.14. The van der Waals surface area contributed by atoms with Gasteiger partial charge in [-0.1, -0.05) is 6.92 Å². The number of nitrogens with one attached hydrogen (secondary N) is 2. The van der Waals surface area contributed by atoms with Crippen LogP contribution in [0.1, 0.15) is 30.3 Å². The first-order valence-corrected chi connectivity index (χ1v) is 4.96. The molecule has 3 heteroatoms. The predicted octanol–water partition coefficient (Wildman–Crippen LogP) is 1.57. The third-order valence-corrected chi connectivity index (χ3v) is 2.31. The molecule has 0 spiro atoms. The Morgan fingerprint density at radius 3 is 2.69 bits per heavy atom. The number of nitrogens with zero attached hydrogens (tertiary/aromatic N) is 1. The second-order valence-corrected chi connectivity index (χ2v) is 3.37. The Hall–Kier alpha value is -0.830. The van der Waals surface area contributed by atoms with Crippen LogP contribution in [0.25, 0.3) is 0 Å². The lowest BCUT2D eigenvalue weighted by atomic mass is 10.1. The van der Waals surface area contributed by atoms with Gasteiger partial charge in [0.25, 0.3) is 0 Å². The zero-order valence-electron chi connectivity index (χ0n) is 8.78. The van der Waals surface area contributed by atoms with Crippen LogP contribution in [0, 0.1) is 13.8 Å². The summed E-state index contributed by atoms with van der Waals surface area (Å²) in [6.07, 6.45) is 2.32. The molecular formula is C10H19N3. The highest BCUT2D eigenvalue weighted by Crippen LogP contribution is 2.10. The molecule has 1 heterocycles. The average molecular weight is 181 g/mol. The fraction of sp³-hybridized carbons (Fsp3) is 0.700. The van der Waals surface area contributed by atoms with E-state index < -0.39 is 0 Å². The molecule has 0 bridgehead atoms. The van der Waals surface area contributed by atoms with Crippen LogP contribution < -0.4 is 5.32 Å². The first kappa shape index (κ1) is 10.3. The van der Waals surface area contributed by atoms with E-state index >= 15 is 0 Å². The summed E-state index contributed by atoms with van der Waals surface area (Å²) in [6, 6.07) is 0. The normalized spacial score (nSPS) is 10.7. The Morgan fingerprint density at radius 1 is 1.38 bits per heavy atom. The maximum Gasteiger partial charge on any atom is 0.0625 e. The second-order valence-electron chi connectivity index (χ2n) is 3.37. The summed E-state index contributed by atoms with van der Waals surface area (Å²) >= 11 is 0. The van der Waals surface area contributed by atoms with Gasteiger partial charge in [-0.2, -0.15) is 5.10 Å². The van der Waals surface area contributed by atoms with Gasteiger partial charge in [0.2, 0.25) is 0 Å². The first-order chi connectivity index (χ1) is 6.25. The molecule has 0 aliphatic rings. The standard InChI is InChI=1S/C10H19N3/c1-4-11-7-5-6-10-8(2)12-13-9(10)3/h11H,4-7H2,1-3H3,(H,12,13). The molecule has 0 radical (unpaired) electrons. The van der Waals surface area contributed by atoms with E-state index in [0.717, 1.165) is 25.2 Å². The van der Waals surface area contributed by atoms with E-state index in [1.54, 1.807) is 0 Å². The molecule has 0 saturated carbocycles. The summed E-state index contributed by atoms with van der Waals surface area (Å²) in [4.78, 5) is 0. The molecule has 0 unspecified atom stereocenters. The minimum atomic E-state index is 1.06. The van der Waals surface area contributed by atoms with E-state index in [0.29, 0.717) is 0 Å². The Labute approximate surface area is 79.9 Å². The zero-order valence-corrected chi connectivity index (χ0v) is 8.78. The van der Waals surface area contributed by atoms with Gasteiger partial charge in [0, 0.05) is 5.69 Å². The highest BCUT2D eigenvalue weighted by Gasteiger charge is 2.04. The van der Waals surface area contributed by atoms with Crippen LogP contribution in [0.4, 0.5) is 0 Å². The second kappa shape index (κ2) is 5.02. The van der Waals surface area contributed by atoms with Crippen LogP contribution in [0.3, 0.4) is 0 Å². The number of aromatic nitrogens is 2. The molecule has 0 amide bonds. The molecule has 74 valence electrons. The molecule has 0 saturated heterocycles. The largest absolute Gasteiger partial charge is 0.317 e. The SMILES string of the molecule is CCNCCCc1c(C)n[nH]c1C. The van der Waals surface area contributed by atoms with Gasteiger partial charge in [0.15, 0.2) is 0 Å². The Morgan fingerprint density at radius 2 is 2.15 bits per heavy atom. The number of hydrogen-bond acceptors (Lipinski definition) is 2. The average Bonchev–Trinajstić information content (AvgIpc) is 2.42. The molecule has 2 N–H and O–H groups in total. The number of hydrogen-bond donors (Lipinski definition) is 2. The fourth-order valence-electron chi connectivity index (χ4n) is 1.51. The van der Waals surface area contributed by atoms with Gasteiger partial charge < -0.3 is 5.32 Å². The molecule has 0 aliphatic heterocycles. The lowest BCUT2D eigenvalue weighted by molar-refractivity contribution is 0.670. The molecule has 1 aromatic rings. The van der Waals surface area contributed by atoms with E-state index in [-0.39, 0.29) is 0 Å². The highest BCUT2D eigenvalue weighted by molar-refractivity contribution is 5.22. The van der Waals surface area contributed by atoms with Crippen molar-refractivity contribution in [2.75, 3.05) is 13.1 Å². The Kier molecular flexibility index (Phi) is 3.96. The van der Waals surface area contributed by atoms with Crippen molar-refractivity contribution < 1.29 is 0 Å². The van der Waals surface area contributed by atoms with Crippen LogP contribution in [0.15, 0.2) is 0 Å². The van der Waals surface area contributed by atoms with E-state index in [4.69, 9.17) is 0 Å². The number of rotatable bonds is 5. The maximum atomic E-state index is 4.17. The molecule has 1 rings (SSSR count). The molecule has 0 aromatic carbocycles. The topological polar surface area (TPSA) is 40.7 Å². The Balaban J connectivity index is 2.36. The van der Waals surface area contributed by atoms with Crippen LogP contribution in [-0.2, 0) is 6.42 Å². The molecule has 0 atom stereocenters. The van der Waals surface area contributed by atoms with Gasteiger partial charge in [-0.05, 0) is 45.3 Å². The van der Waals surface area contributed by atoms with E-state index in [9.17, 15) is 0 Å². The summed E-state index contributed by atoms with van der Waals surface area (Å²) in [6.45, 7) is 8.44. The number of aryl methyl sites for hydroxylation is 2. The molecule has 1 aromatic heterocycles.